The average Bonchev–Trinajstić information content (AvgIpc) is 3.77. The van der Waals surface area contributed by atoms with Gasteiger partial charge in [0.05, 0.1) is 50.3 Å². The minimum Gasteiger partial charge on any atom is -0.487 e. The van der Waals surface area contributed by atoms with Crippen molar-refractivity contribution in [3.63, 3.8) is 0 Å². The van der Waals surface area contributed by atoms with Crippen LogP contribution >= 0.6 is 0 Å². The monoisotopic (exact) mass is 656 g/mol. The minimum atomic E-state index is -0.231. The molecule has 6 rings (SSSR count). The number of hydrogen-bond donors (Lipinski definition) is 1. The summed E-state index contributed by atoms with van der Waals surface area (Å²) in [6.45, 7) is 11.0. The normalized spacial score (nSPS) is 19.1. The molecule has 0 bridgehead atoms. The van der Waals surface area contributed by atoms with Crippen LogP contribution in [0.1, 0.15) is 58.1 Å². The molecular weight excluding hydrogens is 612 g/mol. The first-order valence-electron chi connectivity index (χ1n) is 16.7. The Morgan fingerprint density at radius 1 is 1.02 bits per heavy atom. The molecule has 4 heterocycles. The van der Waals surface area contributed by atoms with Crippen LogP contribution in [0.4, 0.5) is 11.6 Å². The van der Waals surface area contributed by atoms with Crippen molar-refractivity contribution >= 4 is 11.6 Å². The van der Waals surface area contributed by atoms with E-state index in [1.54, 1.807) is 29.5 Å². The van der Waals surface area contributed by atoms with E-state index in [0.717, 1.165) is 63.1 Å². The highest BCUT2D eigenvalue weighted by Crippen LogP contribution is 2.35. The first kappa shape index (κ1) is 33.3. The van der Waals surface area contributed by atoms with Crippen molar-refractivity contribution in [2.24, 2.45) is 0 Å². The molecule has 14 heteroatoms. The molecule has 1 aliphatic carbocycles. The van der Waals surface area contributed by atoms with Crippen LogP contribution in [0.2, 0.25) is 0 Å². The highest BCUT2D eigenvalue weighted by atomic mass is 16.5. The Morgan fingerprint density at radius 2 is 1.79 bits per heavy atom. The summed E-state index contributed by atoms with van der Waals surface area (Å²) in [6, 6.07) is 8.56. The number of ether oxygens (including phenoxy) is 4. The van der Waals surface area contributed by atoms with Crippen molar-refractivity contribution in [1.82, 2.24) is 39.4 Å². The summed E-state index contributed by atoms with van der Waals surface area (Å²) in [6.07, 6.45) is 12.9. The summed E-state index contributed by atoms with van der Waals surface area (Å²) in [5.74, 6) is 1.41. The van der Waals surface area contributed by atoms with Crippen LogP contribution in [0.3, 0.4) is 0 Å². The molecule has 4 aromatic rings. The number of rotatable bonds is 14. The van der Waals surface area contributed by atoms with Crippen molar-refractivity contribution in [3.05, 3.63) is 55.0 Å². The maximum atomic E-state index is 9.67. The van der Waals surface area contributed by atoms with Gasteiger partial charge in [0.2, 0.25) is 5.95 Å². The Balaban J connectivity index is 1.13. The van der Waals surface area contributed by atoms with Gasteiger partial charge in [-0.3, -0.25) is 9.58 Å². The van der Waals surface area contributed by atoms with E-state index in [2.05, 4.69) is 36.3 Å². The number of aromatic nitrogens is 7. The summed E-state index contributed by atoms with van der Waals surface area (Å²) in [5.41, 5.74) is 2.77. The predicted octanol–water partition coefficient (Wildman–Crippen LogP) is 4.63. The van der Waals surface area contributed by atoms with E-state index in [1.165, 1.54) is 6.33 Å². The van der Waals surface area contributed by atoms with Gasteiger partial charge in [-0.15, -0.1) is 5.10 Å². The van der Waals surface area contributed by atoms with E-state index in [9.17, 15) is 5.26 Å². The largest absolute Gasteiger partial charge is 0.487 e. The molecule has 1 aromatic carbocycles. The van der Waals surface area contributed by atoms with Crippen molar-refractivity contribution in [3.8, 4) is 28.8 Å². The number of benzene rings is 1. The molecule has 1 saturated heterocycles. The third-order valence-electron chi connectivity index (χ3n) is 8.65. The van der Waals surface area contributed by atoms with E-state index in [-0.39, 0.29) is 12.2 Å². The zero-order valence-electron chi connectivity index (χ0n) is 27.9. The van der Waals surface area contributed by atoms with Gasteiger partial charge in [0, 0.05) is 37.1 Å². The first-order chi connectivity index (χ1) is 23.4. The zero-order chi connectivity index (χ0) is 33.3. The highest BCUT2D eigenvalue weighted by Gasteiger charge is 2.29. The number of anilines is 2. The highest BCUT2D eigenvalue weighted by molar-refractivity contribution is 5.67. The fourth-order valence-electron chi connectivity index (χ4n) is 6.21. The topological polar surface area (TPSA) is 150 Å². The van der Waals surface area contributed by atoms with Crippen molar-refractivity contribution < 1.29 is 18.9 Å². The van der Waals surface area contributed by atoms with E-state index < -0.39 is 0 Å². The Kier molecular flexibility index (Phi) is 11.1. The van der Waals surface area contributed by atoms with Crippen molar-refractivity contribution in [2.45, 2.75) is 77.3 Å². The van der Waals surface area contributed by atoms with Crippen LogP contribution in [0, 0.1) is 11.3 Å². The molecule has 14 nitrogen and oxygen atoms in total. The second kappa shape index (κ2) is 16.0. The van der Waals surface area contributed by atoms with E-state index >= 15 is 0 Å². The molecule has 0 radical (unpaired) electrons. The second-order valence-electron chi connectivity index (χ2n) is 12.5. The van der Waals surface area contributed by atoms with Gasteiger partial charge in [0.15, 0.2) is 0 Å². The zero-order valence-corrected chi connectivity index (χ0v) is 27.9. The van der Waals surface area contributed by atoms with E-state index in [0.29, 0.717) is 60.7 Å². The van der Waals surface area contributed by atoms with Crippen molar-refractivity contribution in [1.29, 1.82) is 5.26 Å². The molecular formula is C34H44N10O4. The smallest absolute Gasteiger partial charge is 0.257 e. The lowest BCUT2D eigenvalue weighted by atomic mass is 9.90. The van der Waals surface area contributed by atoms with Crippen LogP contribution in [0.5, 0.6) is 11.6 Å². The van der Waals surface area contributed by atoms with Gasteiger partial charge in [-0.05, 0) is 64.2 Å². The predicted molar refractivity (Wildman–Crippen MR) is 178 cm³/mol. The Bertz CT molecular complexity index is 1620. The van der Waals surface area contributed by atoms with Crippen LogP contribution in [0.25, 0.3) is 11.1 Å². The Labute approximate surface area is 281 Å². The number of nitriles is 1. The molecule has 1 atom stereocenters. The quantitative estimate of drug-likeness (QED) is 0.189. The van der Waals surface area contributed by atoms with Gasteiger partial charge in [0.25, 0.3) is 5.88 Å². The molecule has 254 valence electrons. The summed E-state index contributed by atoms with van der Waals surface area (Å²) < 4.78 is 27.2. The van der Waals surface area contributed by atoms with Crippen LogP contribution in [0.15, 0.2) is 49.4 Å². The minimum absolute atomic E-state index is 0.124. The van der Waals surface area contributed by atoms with Gasteiger partial charge in [0.1, 0.15) is 42.9 Å². The molecule has 2 fully saturated rings. The third kappa shape index (κ3) is 8.66. The standard InChI is InChI=1S/C34H44N10O4/c1-24(2)46-14-15-47-33-31(21-44(41-33)30-8-6-29(7-9-30)42-10-12-45-13-11-42)40-34-37-18-28(19-38-34)26-4-5-27(17-35)32(16-26)48-25(3)20-43-23-36-22-39-43/h4-5,16,18-19,21-25,29-30H,6-15,20H2,1-3H3,(H,37,38,40). The lowest BCUT2D eigenvalue weighted by molar-refractivity contribution is 0.00501. The number of morpholine rings is 1. The molecule has 0 amide bonds. The summed E-state index contributed by atoms with van der Waals surface area (Å²) in [5, 5.41) is 22.0. The Morgan fingerprint density at radius 3 is 2.50 bits per heavy atom. The van der Waals surface area contributed by atoms with Gasteiger partial charge >= 0.3 is 0 Å². The molecule has 1 unspecified atom stereocenters. The van der Waals surface area contributed by atoms with Gasteiger partial charge in [-0.2, -0.15) is 10.4 Å². The van der Waals surface area contributed by atoms with Crippen LogP contribution in [-0.2, 0) is 16.0 Å². The van der Waals surface area contributed by atoms with E-state index in [4.69, 9.17) is 24.0 Å². The maximum absolute atomic E-state index is 9.67. The number of nitrogens with zero attached hydrogens (tertiary/aromatic N) is 9. The van der Waals surface area contributed by atoms with Gasteiger partial charge in [-0.1, -0.05) is 6.07 Å². The fourth-order valence-corrected chi connectivity index (χ4v) is 6.21. The van der Waals surface area contributed by atoms with Crippen molar-refractivity contribution in [2.75, 3.05) is 44.8 Å². The van der Waals surface area contributed by atoms with E-state index in [1.807, 2.05) is 43.8 Å². The number of hydrogen-bond acceptors (Lipinski definition) is 12. The van der Waals surface area contributed by atoms with Gasteiger partial charge < -0.3 is 24.3 Å². The SMILES string of the molecule is CC(C)OCCOc1nn(C2CCC(N3CCOCC3)CC2)cc1Nc1ncc(-c2ccc(C#N)c(OC(C)Cn3cncn3)c2)cn1. The summed E-state index contributed by atoms with van der Waals surface area (Å²) in [7, 11) is 0. The summed E-state index contributed by atoms with van der Waals surface area (Å²) in [4.78, 5) is 15.7. The lowest BCUT2D eigenvalue weighted by Crippen LogP contribution is -2.45. The molecule has 3 aromatic heterocycles. The van der Waals surface area contributed by atoms with Crippen LogP contribution < -0.4 is 14.8 Å². The first-order valence-corrected chi connectivity index (χ1v) is 16.7. The average molecular weight is 657 g/mol. The van der Waals surface area contributed by atoms with Crippen LogP contribution in [-0.4, -0.2) is 97.2 Å². The molecule has 1 saturated carbocycles. The number of nitrogens with one attached hydrogen (secondary N) is 1. The molecule has 2 aliphatic rings. The molecule has 0 spiro atoms. The second-order valence-corrected chi connectivity index (χ2v) is 12.5. The lowest BCUT2D eigenvalue weighted by Gasteiger charge is -2.38. The third-order valence-corrected chi connectivity index (χ3v) is 8.65. The molecule has 1 aliphatic heterocycles. The Hall–Kier alpha value is -4.58. The maximum Gasteiger partial charge on any atom is 0.257 e. The summed E-state index contributed by atoms with van der Waals surface area (Å²) >= 11 is 0. The molecule has 48 heavy (non-hydrogen) atoms. The van der Waals surface area contributed by atoms with Gasteiger partial charge in [-0.25, -0.2) is 19.6 Å². The molecule has 1 N–H and O–H groups in total. The fraction of sp³-hybridized carbons (Fsp3) is 0.529.